The zero-order chi connectivity index (χ0) is 18.5. The summed E-state index contributed by atoms with van der Waals surface area (Å²) in [5.41, 5.74) is 2.13. The number of fused-ring (bicyclic) bond motifs is 3. The van der Waals surface area contributed by atoms with Crippen LogP contribution in [0.1, 0.15) is 40.0 Å². The molecule has 2 aromatic rings. The van der Waals surface area contributed by atoms with Crippen molar-refractivity contribution in [3.05, 3.63) is 18.2 Å². The number of ether oxygens (including phenoxy) is 2. The molecule has 0 spiro atoms. The minimum Gasteiger partial charge on any atom is -0.497 e. The summed E-state index contributed by atoms with van der Waals surface area (Å²) < 4.78 is 11.1. The third-order valence-electron chi connectivity index (χ3n) is 6.98. The summed E-state index contributed by atoms with van der Waals surface area (Å²) >= 11 is 1.39. The number of thioether (sulfide) groups is 1. The van der Waals surface area contributed by atoms with Crippen molar-refractivity contribution >= 4 is 28.8 Å². The van der Waals surface area contributed by atoms with Gasteiger partial charge < -0.3 is 14.5 Å². The second-order valence-corrected chi connectivity index (χ2v) is 9.27. The van der Waals surface area contributed by atoms with Crippen LogP contribution in [0.2, 0.25) is 0 Å². The van der Waals surface area contributed by atoms with Crippen LogP contribution in [0.15, 0.2) is 23.4 Å². The first-order valence-corrected chi connectivity index (χ1v) is 10.2. The lowest BCUT2D eigenvalue weighted by Gasteiger charge is -2.38. The van der Waals surface area contributed by atoms with Gasteiger partial charge in [-0.2, -0.15) is 0 Å². The van der Waals surface area contributed by atoms with E-state index in [0.717, 1.165) is 34.8 Å². The Morgan fingerprint density at radius 3 is 2.85 bits per heavy atom. The van der Waals surface area contributed by atoms with Crippen LogP contribution in [-0.2, 0) is 9.53 Å². The highest BCUT2D eigenvalue weighted by Crippen LogP contribution is 2.66. The van der Waals surface area contributed by atoms with Crippen molar-refractivity contribution in [1.82, 2.24) is 9.97 Å². The normalized spacial score (nSPS) is 29.2. The molecule has 0 aliphatic heterocycles. The van der Waals surface area contributed by atoms with E-state index in [1.54, 1.807) is 7.11 Å². The maximum Gasteiger partial charge on any atom is 0.316 e. The van der Waals surface area contributed by atoms with Crippen LogP contribution < -0.4 is 4.74 Å². The van der Waals surface area contributed by atoms with E-state index in [-0.39, 0.29) is 28.7 Å². The van der Waals surface area contributed by atoms with Crippen LogP contribution >= 0.6 is 11.8 Å². The minimum atomic E-state index is -0.150. The number of H-pyrrole nitrogens is 1. The summed E-state index contributed by atoms with van der Waals surface area (Å²) in [4.78, 5) is 20.2. The quantitative estimate of drug-likeness (QED) is 0.620. The smallest absolute Gasteiger partial charge is 0.316 e. The Hall–Kier alpha value is -1.69. The summed E-state index contributed by atoms with van der Waals surface area (Å²) in [6.07, 6.45) is 3.46. The molecule has 0 saturated heterocycles. The number of nitrogens with one attached hydrogen (secondary N) is 1. The molecule has 2 saturated carbocycles. The Morgan fingerprint density at radius 2 is 2.19 bits per heavy atom. The molecular formula is C20H26N2O3S. The van der Waals surface area contributed by atoms with Crippen LogP contribution in [0, 0.1) is 16.7 Å². The van der Waals surface area contributed by atoms with Crippen molar-refractivity contribution in [2.24, 2.45) is 16.7 Å². The largest absolute Gasteiger partial charge is 0.497 e. The molecule has 0 unspecified atom stereocenters. The third-order valence-corrected chi connectivity index (χ3v) is 7.83. The maximum atomic E-state index is 12.4. The minimum absolute atomic E-state index is 0.0456. The highest BCUT2D eigenvalue weighted by Gasteiger charge is 2.62. The summed E-state index contributed by atoms with van der Waals surface area (Å²) in [5, 5.41) is 0.727. The van der Waals surface area contributed by atoms with Gasteiger partial charge in [0.2, 0.25) is 0 Å². The summed E-state index contributed by atoms with van der Waals surface area (Å²) in [5.74, 6) is 1.57. The number of aromatic amines is 1. The van der Waals surface area contributed by atoms with Gasteiger partial charge in [-0.15, -0.1) is 0 Å². The van der Waals surface area contributed by atoms with E-state index in [0.29, 0.717) is 5.92 Å². The first-order valence-electron chi connectivity index (χ1n) is 9.19. The van der Waals surface area contributed by atoms with Crippen LogP contribution in [0.4, 0.5) is 0 Å². The second kappa shape index (κ2) is 6.19. The standard InChI is InChI=1S/C20H26N2O3S/c1-19(2)12-7-8-20(19,3)16(9-12)25-17(23)11-26-18-21-14-6-5-13(24-4)10-15(14)22-18/h5-6,10,12,16H,7-9,11H2,1-4H3,(H,21,22)/t12-,16+,20+/m0/s1. The molecule has 0 amide bonds. The van der Waals surface area contributed by atoms with Crippen molar-refractivity contribution in [3.63, 3.8) is 0 Å². The van der Waals surface area contributed by atoms with Crippen LogP contribution in [-0.4, -0.2) is 34.9 Å². The topological polar surface area (TPSA) is 64.2 Å². The van der Waals surface area contributed by atoms with Gasteiger partial charge in [-0.05, 0) is 42.7 Å². The molecule has 2 fully saturated rings. The monoisotopic (exact) mass is 374 g/mol. The predicted molar refractivity (Wildman–Crippen MR) is 102 cm³/mol. The zero-order valence-electron chi connectivity index (χ0n) is 15.8. The van der Waals surface area contributed by atoms with E-state index in [4.69, 9.17) is 9.47 Å². The average Bonchev–Trinajstić information content (AvgIpc) is 3.18. The molecule has 4 rings (SSSR count). The van der Waals surface area contributed by atoms with E-state index < -0.39 is 0 Å². The molecule has 3 atom stereocenters. The van der Waals surface area contributed by atoms with E-state index in [1.165, 1.54) is 18.2 Å². The van der Waals surface area contributed by atoms with Gasteiger partial charge in [-0.1, -0.05) is 32.5 Å². The Kier molecular flexibility index (Phi) is 4.21. The summed E-state index contributed by atoms with van der Waals surface area (Å²) in [7, 11) is 1.64. The molecule has 6 heteroatoms. The first kappa shape index (κ1) is 17.7. The fourth-order valence-electron chi connectivity index (χ4n) is 4.79. The molecule has 1 aromatic heterocycles. The average molecular weight is 375 g/mol. The highest BCUT2D eigenvalue weighted by molar-refractivity contribution is 7.99. The van der Waals surface area contributed by atoms with Gasteiger partial charge in [-0.3, -0.25) is 4.79 Å². The molecule has 1 aromatic carbocycles. The second-order valence-electron chi connectivity index (χ2n) is 8.30. The highest BCUT2D eigenvalue weighted by atomic mass is 32.2. The molecule has 26 heavy (non-hydrogen) atoms. The van der Waals surface area contributed by atoms with Gasteiger partial charge in [0.15, 0.2) is 5.16 Å². The van der Waals surface area contributed by atoms with Crippen LogP contribution in [0.3, 0.4) is 0 Å². The Balaban J connectivity index is 1.38. The van der Waals surface area contributed by atoms with Gasteiger partial charge in [0.25, 0.3) is 0 Å². The number of rotatable bonds is 5. The van der Waals surface area contributed by atoms with Crippen molar-refractivity contribution in [3.8, 4) is 5.75 Å². The number of carbonyl (C=O) groups is 1. The van der Waals surface area contributed by atoms with Gasteiger partial charge in [0, 0.05) is 11.5 Å². The number of carbonyl (C=O) groups excluding carboxylic acids is 1. The Labute approximate surface area is 158 Å². The third kappa shape index (κ3) is 2.70. The van der Waals surface area contributed by atoms with Crippen molar-refractivity contribution < 1.29 is 14.3 Å². The SMILES string of the molecule is COc1ccc2nc(SCC(=O)O[C@@H]3C[C@@H]4CC[C@@]3(C)C4(C)C)[nH]c2c1. The lowest BCUT2D eigenvalue weighted by Crippen LogP contribution is -2.38. The predicted octanol–water partition coefficient (Wildman–Crippen LogP) is 4.42. The number of aromatic nitrogens is 2. The van der Waals surface area contributed by atoms with E-state index >= 15 is 0 Å². The first-order chi connectivity index (χ1) is 12.3. The van der Waals surface area contributed by atoms with Crippen LogP contribution in [0.25, 0.3) is 11.0 Å². The molecule has 5 nitrogen and oxygen atoms in total. The molecule has 140 valence electrons. The van der Waals surface area contributed by atoms with Crippen LogP contribution in [0.5, 0.6) is 5.75 Å². The number of benzene rings is 1. The van der Waals surface area contributed by atoms with E-state index in [9.17, 15) is 4.79 Å². The number of nitrogens with zero attached hydrogens (tertiary/aromatic N) is 1. The lowest BCUT2D eigenvalue weighted by molar-refractivity contribution is -0.153. The molecule has 2 aliphatic rings. The van der Waals surface area contributed by atoms with E-state index in [1.807, 2.05) is 18.2 Å². The number of imidazole rings is 1. The molecule has 2 bridgehead atoms. The Bertz CT molecular complexity index is 847. The summed E-state index contributed by atoms with van der Waals surface area (Å²) in [6.45, 7) is 6.95. The maximum absolute atomic E-state index is 12.4. The summed E-state index contributed by atoms with van der Waals surface area (Å²) in [6, 6.07) is 5.69. The van der Waals surface area contributed by atoms with Crippen molar-refractivity contribution in [1.29, 1.82) is 0 Å². The van der Waals surface area contributed by atoms with Gasteiger partial charge >= 0.3 is 5.97 Å². The van der Waals surface area contributed by atoms with Gasteiger partial charge in [0.1, 0.15) is 11.9 Å². The van der Waals surface area contributed by atoms with Crippen molar-refractivity contribution in [2.75, 3.05) is 12.9 Å². The van der Waals surface area contributed by atoms with Gasteiger partial charge in [0.05, 0.1) is 23.9 Å². The number of esters is 1. The van der Waals surface area contributed by atoms with Gasteiger partial charge in [-0.25, -0.2) is 4.98 Å². The lowest BCUT2D eigenvalue weighted by atomic mass is 9.70. The van der Waals surface area contributed by atoms with E-state index in [2.05, 4.69) is 30.7 Å². The van der Waals surface area contributed by atoms with Crippen molar-refractivity contribution in [2.45, 2.75) is 51.3 Å². The molecule has 0 radical (unpaired) electrons. The molecular weight excluding hydrogens is 348 g/mol. The number of hydrogen-bond donors (Lipinski definition) is 1. The molecule has 1 N–H and O–H groups in total. The zero-order valence-corrected chi connectivity index (χ0v) is 16.6. The number of hydrogen-bond acceptors (Lipinski definition) is 5. The number of methoxy groups -OCH3 is 1. The Morgan fingerprint density at radius 1 is 1.38 bits per heavy atom. The fourth-order valence-corrected chi connectivity index (χ4v) is 5.46. The molecule has 1 heterocycles. The fraction of sp³-hybridized carbons (Fsp3) is 0.600. The molecule has 2 aliphatic carbocycles.